The van der Waals surface area contributed by atoms with Crippen LogP contribution in [0.5, 0.6) is 5.75 Å². The summed E-state index contributed by atoms with van der Waals surface area (Å²) in [5.74, 6) is 0.923. The van der Waals surface area contributed by atoms with E-state index >= 15 is 0 Å². The summed E-state index contributed by atoms with van der Waals surface area (Å²) in [5.41, 5.74) is 3.32. The largest absolute Gasteiger partial charge is 0.494 e. The van der Waals surface area contributed by atoms with Gasteiger partial charge in [-0.1, -0.05) is 58.0 Å². The Labute approximate surface area is 184 Å². The number of hydrogen-bond donors (Lipinski definition) is 0. The van der Waals surface area contributed by atoms with E-state index in [-0.39, 0.29) is 0 Å². The van der Waals surface area contributed by atoms with Crippen LogP contribution in [-0.2, 0) is 0 Å². The topological polar surface area (TPSA) is 12.5 Å². The molecule has 0 aliphatic rings. The molecule has 0 radical (unpaired) electrons. The highest BCUT2D eigenvalue weighted by Gasteiger charge is 2.12. The third-order valence-corrected chi connectivity index (χ3v) is 5.59. The van der Waals surface area contributed by atoms with Gasteiger partial charge in [0.1, 0.15) is 5.75 Å². The molecule has 0 N–H and O–H groups in total. The van der Waals surface area contributed by atoms with Gasteiger partial charge in [0.15, 0.2) is 0 Å². The van der Waals surface area contributed by atoms with Crippen LogP contribution < -0.4 is 9.64 Å². The number of anilines is 3. The monoisotopic (exact) mass is 501 g/mol. The molecule has 3 aromatic rings. The predicted molar refractivity (Wildman–Crippen MR) is 126 cm³/mol. The highest BCUT2D eigenvalue weighted by Crippen LogP contribution is 2.36. The second-order valence-electron chi connectivity index (χ2n) is 6.69. The second-order valence-corrected chi connectivity index (χ2v) is 8.52. The minimum atomic E-state index is 0.780. The molecule has 3 aromatic carbocycles. The SMILES string of the molecule is CCCCCCOc1ccc(N(c2ccc(Br)cc2)c2ccc(Br)cc2)cc1. The van der Waals surface area contributed by atoms with Crippen molar-refractivity contribution < 1.29 is 4.74 Å². The van der Waals surface area contributed by atoms with Gasteiger partial charge in [-0.05, 0) is 79.2 Å². The van der Waals surface area contributed by atoms with E-state index in [2.05, 4.69) is 116 Å². The standard InChI is InChI=1S/C24H25Br2NO/c1-2-3-4-5-18-28-24-16-14-23(15-17-24)27(21-10-6-19(25)7-11-21)22-12-8-20(26)9-13-22/h6-17H,2-5,18H2,1H3. The first-order valence-electron chi connectivity index (χ1n) is 9.71. The van der Waals surface area contributed by atoms with Crippen LogP contribution in [0.25, 0.3) is 0 Å². The lowest BCUT2D eigenvalue weighted by Crippen LogP contribution is -2.09. The zero-order valence-corrected chi connectivity index (χ0v) is 19.2. The fourth-order valence-corrected chi connectivity index (χ4v) is 3.57. The molecule has 0 heterocycles. The van der Waals surface area contributed by atoms with Crippen molar-refractivity contribution in [3.05, 3.63) is 81.7 Å². The van der Waals surface area contributed by atoms with Crippen molar-refractivity contribution in [1.29, 1.82) is 0 Å². The predicted octanol–water partition coefficient (Wildman–Crippen LogP) is 8.64. The fraction of sp³-hybridized carbons (Fsp3) is 0.250. The Hall–Kier alpha value is -1.78. The van der Waals surface area contributed by atoms with Crippen LogP contribution >= 0.6 is 31.9 Å². The Morgan fingerprint density at radius 3 is 1.57 bits per heavy atom. The van der Waals surface area contributed by atoms with Gasteiger partial charge in [0.2, 0.25) is 0 Å². The van der Waals surface area contributed by atoms with Gasteiger partial charge in [-0.2, -0.15) is 0 Å². The number of ether oxygens (including phenoxy) is 1. The molecule has 0 atom stereocenters. The van der Waals surface area contributed by atoms with Crippen LogP contribution in [0.4, 0.5) is 17.1 Å². The Morgan fingerprint density at radius 2 is 1.11 bits per heavy atom. The van der Waals surface area contributed by atoms with Gasteiger partial charge < -0.3 is 9.64 Å². The van der Waals surface area contributed by atoms with Crippen LogP contribution in [0.15, 0.2) is 81.7 Å². The average Bonchev–Trinajstić information content (AvgIpc) is 2.72. The molecule has 3 rings (SSSR count). The molecule has 0 fully saturated rings. The summed E-state index contributed by atoms with van der Waals surface area (Å²) in [7, 11) is 0. The molecule has 0 spiro atoms. The van der Waals surface area contributed by atoms with Crippen molar-refractivity contribution in [3.8, 4) is 5.75 Å². The molecule has 0 saturated carbocycles. The first kappa shape index (κ1) is 20.9. The summed E-state index contributed by atoms with van der Waals surface area (Å²) in [4.78, 5) is 2.24. The maximum atomic E-state index is 5.90. The van der Waals surface area contributed by atoms with Gasteiger partial charge >= 0.3 is 0 Å². The quantitative estimate of drug-likeness (QED) is 0.271. The van der Waals surface area contributed by atoms with Gasteiger partial charge in [-0.15, -0.1) is 0 Å². The smallest absolute Gasteiger partial charge is 0.119 e. The maximum Gasteiger partial charge on any atom is 0.119 e. The van der Waals surface area contributed by atoms with Crippen LogP contribution in [0.2, 0.25) is 0 Å². The number of rotatable bonds is 9. The Morgan fingerprint density at radius 1 is 0.643 bits per heavy atom. The molecule has 0 saturated heterocycles. The summed E-state index contributed by atoms with van der Waals surface area (Å²) in [6.07, 6.45) is 4.86. The van der Waals surface area contributed by atoms with Crippen LogP contribution in [0, 0.1) is 0 Å². The minimum absolute atomic E-state index is 0.780. The number of hydrogen-bond acceptors (Lipinski definition) is 2. The summed E-state index contributed by atoms with van der Waals surface area (Å²) < 4.78 is 8.04. The minimum Gasteiger partial charge on any atom is -0.494 e. The third kappa shape index (κ3) is 5.86. The molecule has 0 aliphatic carbocycles. The van der Waals surface area contributed by atoms with Crippen molar-refractivity contribution in [1.82, 2.24) is 0 Å². The maximum absolute atomic E-state index is 5.90. The van der Waals surface area contributed by atoms with E-state index in [4.69, 9.17) is 4.74 Å². The highest BCUT2D eigenvalue weighted by atomic mass is 79.9. The van der Waals surface area contributed by atoms with Gasteiger partial charge in [0.25, 0.3) is 0 Å². The van der Waals surface area contributed by atoms with E-state index in [1.807, 2.05) is 0 Å². The number of nitrogens with zero attached hydrogens (tertiary/aromatic N) is 1. The first-order valence-corrected chi connectivity index (χ1v) is 11.3. The van der Waals surface area contributed by atoms with E-state index in [1.54, 1.807) is 0 Å². The molecule has 0 aliphatic heterocycles. The molecule has 0 unspecified atom stereocenters. The van der Waals surface area contributed by atoms with Crippen LogP contribution in [0.1, 0.15) is 32.6 Å². The zero-order valence-electron chi connectivity index (χ0n) is 16.1. The Balaban J connectivity index is 1.80. The van der Waals surface area contributed by atoms with Crippen molar-refractivity contribution in [2.24, 2.45) is 0 Å². The Kier molecular flexibility index (Phi) is 7.99. The lowest BCUT2D eigenvalue weighted by molar-refractivity contribution is 0.305. The third-order valence-electron chi connectivity index (χ3n) is 4.53. The molecule has 2 nitrogen and oxygen atoms in total. The lowest BCUT2D eigenvalue weighted by Gasteiger charge is -2.25. The molecular formula is C24H25Br2NO. The molecule has 4 heteroatoms. The lowest BCUT2D eigenvalue weighted by atomic mass is 10.2. The molecule has 0 aromatic heterocycles. The highest BCUT2D eigenvalue weighted by molar-refractivity contribution is 9.10. The molecule has 146 valence electrons. The van der Waals surface area contributed by atoms with E-state index in [0.29, 0.717) is 0 Å². The molecule has 0 amide bonds. The van der Waals surface area contributed by atoms with Gasteiger partial charge in [-0.25, -0.2) is 0 Å². The van der Waals surface area contributed by atoms with Crippen molar-refractivity contribution in [3.63, 3.8) is 0 Å². The normalized spacial score (nSPS) is 10.7. The summed E-state index contributed by atoms with van der Waals surface area (Å²) in [6.45, 7) is 3.00. The van der Waals surface area contributed by atoms with E-state index in [0.717, 1.165) is 44.8 Å². The van der Waals surface area contributed by atoms with Crippen LogP contribution in [-0.4, -0.2) is 6.61 Å². The molecule has 0 bridgehead atoms. The number of halogens is 2. The van der Waals surface area contributed by atoms with Gasteiger partial charge in [-0.3, -0.25) is 0 Å². The van der Waals surface area contributed by atoms with E-state index < -0.39 is 0 Å². The van der Waals surface area contributed by atoms with E-state index in [9.17, 15) is 0 Å². The van der Waals surface area contributed by atoms with Gasteiger partial charge in [0, 0.05) is 26.0 Å². The van der Waals surface area contributed by atoms with E-state index in [1.165, 1.54) is 19.3 Å². The molecular weight excluding hydrogens is 478 g/mol. The van der Waals surface area contributed by atoms with Crippen molar-refractivity contribution in [2.75, 3.05) is 11.5 Å². The zero-order chi connectivity index (χ0) is 19.8. The number of unbranched alkanes of at least 4 members (excludes halogenated alkanes) is 3. The van der Waals surface area contributed by atoms with Crippen molar-refractivity contribution in [2.45, 2.75) is 32.6 Å². The number of benzene rings is 3. The first-order chi connectivity index (χ1) is 13.7. The Bertz CT molecular complexity index is 800. The second kappa shape index (κ2) is 10.7. The summed E-state index contributed by atoms with van der Waals surface area (Å²) in [6, 6.07) is 25.1. The van der Waals surface area contributed by atoms with Gasteiger partial charge in [0.05, 0.1) is 6.61 Å². The molecule has 28 heavy (non-hydrogen) atoms. The van der Waals surface area contributed by atoms with Crippen LogP contribution in [0.3, 0.4) is 0 Å². The fourth-order valence-electron chi connectivity index (χ4n) is 3.04. The summed E-state index contributed by atoms with van der Waals surface area (Å²) in [5, 5.41) is 0. The average molecular weight is 503 g/mol. The summed E-state index contributed by atoms with van der Waals surface area (Å²) >= 11 is 7.05. The van der Waals surface area contributed by atoms with Crippen molar-refractivity contribution >= 4 is 48.9 Å².